The van der Waals surface area contributed by atoms with Gasteiger partial charge in [0.05, 0.1) is 12.3 Å². The number of thioether (sulfide) groups is 1. The monoisotopic (exact) mass is 253 g/mol. The van der Waals surface area contributed by atoms with Gasteiger partial charge in [-0.05, 0) is 54.7 Å². The highest BCUT2D eigenvalue weighted by molar-refractivity contribution is 7.99. The third-order valence-corrected chi connectivity index (χ3v) is 3.31. The van der Waals surface area contributed by atoms with Gasteiger partial charge in [-0.3, -0.25) is 0 Å². The normalized spacial score (nSPS) is 11.5. The predicted octanol–water partition coefficient (Wildman–Crippen LogP) is 3.41. The smallest absolute Gasteiger partial charge is 0.119 e. The predicted molar refractivity (Wildman–Crippen MR) is 73.6 cm³/mol. The van der Waals surface area contributed by atoms with Gasteiger partial charge in [0.25, 0.3) is 0 Å². The molecule has 0 fully saturated rings. The van der Waals surface area contributed by atoms with Crippen LogP contribution in [0.3, 0.4) is 0 Å². The summed E-state index contributed by atoms with van der Waals surface area (Å²) in [6, 6.07) is 7.59. The maximum absolute atomic E-state index is 8.64. The minimum atomic E-state index is 0.607. The second kappa shape index (κ2) is 8.01. The van der Waals surface area contributed by atoms with Crippen LogP contribution in [0, 0.1) is 0 Å². The van der Waals surface area contributed by atoms with Crippen LogP contribution in [0.1, 0.15) is 25.8 Å². The molecule has 3 nitrogen and oxygen atoms in total. The van der Waals surface area contributed by atoms with E-state index in [1.807, 2.05) is 36.0 Å². The Hall–Kier alpha value is -1.16. The van der Waals surface area contributed by atoms with Crippen LogP contribution in [0.25, 0.3) is 0 Å². The molecule has 0 bridgehead atoms. The van der Waals surface area contributed by atoms with E-state index in [-0.39, 0.29) is 0 Å². The summed E-state index contributed by atoms with van der Waals surface area (Å²) in [5.41, 5.74) is 1.51. The number of hydrogen-bond donors (Lipinski definition) is 1. The minimum absolute atomic E-state index is 0.607. The van der Waals surface area contributed by atoms with E-state index in [9.17, 15) is 0 Å². The Kier molecular flexibility index (Phi) is 6.55. The second-order valence-corrected chi connectivity index (χ2v) is 5.00. The molecular weight excluding hydrogens is 234 g/mol. The lowest BCUT2D eigenvalue weighted by Crippen LogP contribution is -2.00. The molecule has 1 aromatic rings. The van der Waals surface area contributed by atoms with Crippen LogP contribution in [-0.4, -0.2) is 29.0 Å². The summed E-state index contributed by atoms with van der Waals surface area (Å²) in [6.07, 6.45) is 1.07. The summed E-state index contributed by atoms with van der Waals surface area (Å²) >= 11 is 1.93. The Bertz CT molecular complexity index is 349. The van der Waals surface area contributed by atoms with Crippen molar-refractivity contribution in [2.45, 2.75) is 20.3 Å². The molecule has 17 heavy (non-hydrogen) atoms. The molecule has 1 rings (SSSR count). The molecule has 94 valence electrons. The van der Waals surface area contributed by atoms with Crippen molar-refractivity contribution < 1.29 is 9.94 Å². The van der Waals surface area contributed by atoms with Crippen molar-refractivity contribution in [3.63, 3.8) is 0 Å². The molecule has 0 unspecified atom stereocenters. The van der Waals surface area contributed by atoms with Gasteiger partial charge in [-0.25, -0.2) is 0 Å². The van der Waals surface area contributed by atoms with Crippen LogP contribution in [-0.2, 0) is 0 Å². The number of oxime groups is 1. The summed E-state index contributed by atoms with van der Waals surface area (Å²) in [6.45, 7) is 4.67. The quantitative estimate of drug-likeness (QED) is 0.350. The first kappa shape index (κ1) is 13.9. The molecule has 0 aliphatic carbocycles. The zero-order valence-corrected chi connectivity index (χ0v) is 11.2. The molecule has 1 aromatic carbocycles. The summed E-state index contributed by atoms with van der Waals surface area (Å²) < 4.78 is 5.61. The molecule has 0 aromatic heterocycles. The fourth-order valence-electron chi connectivity index (χ4n) is 1.35. The van der Waals surface area contributed by atoms with Crippen molar-refractivity contribution in [2.24, 2.45) is 5.16 Å². The van der Waals surface area contributed by atoms with Crippen LogP contribution in [0.2, 0.25) is 0 Å². The molecule has 0 atom stereocenters. The Morgan fingerprint density at radius 1 is 1.35 bits per heavy atom. The van der Waals surface area contributed by atoms with Crippen molar-refractivity contribution in [2.75, 3.05) is 18.1 Å². The molecule has 0 spiro atoms. The van der Waals surface area contributed by atoms with Gasteiger partial charge in [0.1, 0.15) is 5.75 Å². The third-order valence-electron chi connectivity index (χ3n) is 2.33. The Morgan fingerprint density at radius 2 is 2.06 bits per heavy atom. The molecule has 4 heteroatoms. The highest BCUT2D eigenvalue weighted by atomic mass is 32.2. The Balaban J connectivity index is 2.35. The van der Waals surface area contributed by atoms with Crippen LogP contribution < -0.4 is 4.74 Å². The van der Waals surface area contributed by atoms with Gasteiger partial charge in [-0.1, -0.05) is 12.1 Å². The van der Waals surface area contributed by atoms with Crippen molar-refractivity contribution >= 4 is 17.5 Å². The highest BCUT2D eigenvalue weighted by Gasteiger charge is 1.98. The van der Waals surface area contributed by atoms with Crippen molar-refractivity contribution in [3.05, 3.63) is 29.8 Å². The topological polar surface area (TPSA) is 41.8 Å². The van der Waals surface area contributed by atoms with E-state index < -0.39 is 0 Å². The van der Waals surface area contributed by atoms with Crippen molar-refractivity contribution in [1.29, 1.82) is 0 Å². The van der Waals surface area contributed by atoms with Gasteiger partial charge < -0.3 is 9.94 Å². The first-order valence-electron chi connectivity index (χ1n) is 5.77. The van der Waals surface area contributed by atoms with Gasteiger partial charge in [0.2, 0.25) is 0 Å². The second-order valence-electron chi connectivity index (χ2n) is 3.61. The maximum Gasteiger partial charge on any atom is 0.119 e. The molecular formula is C13H19NO2S. The SMILES string of the molecule is CCSCCCOc1ccc(/C(C)=N/O)cc1. The first-order valence-corrected chi connectivity index (χ1v) is 6.93. The van der Waals surface area contributed by atoms with E-state index >= 15 is 0 Å². The zero-order valence-electron chi connectivity index (χ0n) is 10.3. The van der Waals surface area contributed by atoms with E-state index in [1.165, 1.54) is 0 Å². The van der Waals surface area contributed by atoms with Gasteiger partial charge >= 0.3 is 0 Å². The summed E-state index contributed by atoms with van der Waals surface area (Å²) in [5.74, 6) is 3.17. The zero-order chi connectivity index (χ0) is 12.5. The molecule has 0 heterocycles. The largest absolute Gasteiger partial charge is 0.494 e. The molecule has 0 saturated heterocycles. The maximum atomic E-state index is 8.64. The number of benzene rings is 1. The molecule has 0 aliphatic rings. The van der Waals surface area contributed by atoms with Crippen LogP contribution >= 0.6 is 11.8 Å². The molecule has 0 amide bonds. The Labute approximate surface area is 107 Å². The standard InChI is InChI=1S/C13H19NO2S/c1-3-17-10-4-9-16-13-7-5-12(6-8-13)11(2)14-15/h5-8,15H,3-4,9-10H2,1-2H3/b14-11+. The van der Waals surface area contributed by atoms with Crippen molar-refractivity contribution in [3.8, 4) is 5.75 Å². The first-order chi connectivity index (χ1) is 8.27. The van der Waals surface area contributed by atoms with Gasteiger partial charge in [-0.2, -0.15) is 11.8 Å². The number of ether oxygens (including phenoxy) is 1. The fourth-order valence-corrected chi connectivity index (χ4v) is 1.96. The number of rotatable bonds is 7. The van der Waals surface area contributed by atoms with E-state index in [0.717, 1.165) is 35.8 Å². The van der Waals surface area contributed by atoms with Crippen molar-refractivity contribution in [1.82, 2.24) is 0 Å². The molecule has 0 radical (unpaired) electrons. The molecule has 0 saturated carbocycles. The lowest BCUT2D eigenvalue weighted by atomic mass is 10.1. The number of nitrogens with zero attached hydrogens (tertiary/aromatic N) is 1. The summed E-state index contributed by atoms with van der Waals surface area (Å²) in [7, 11) is 0. The minimum Gasteiger partial charge on any atom is -0.494 e. The lowest BCUT2D eigenvalue weighted by molar-refractivity contribution is 0.317. The van der Waals surface area contributed by atoms with Gasteiger partial charge in [0.15, 0.2) is 0 Å². The average molecular weight is 253 g/mol. The van der Waals surface area contributed by atoms with Crippen LogP contribution in [0.15, 0.2) is 29.4 Å². The molecule has 1 N–H and O–H groups in total. The van der Waals surface area contributed by atoms with Gasteiger partial charge in [0, 0.05) is 0 Å². The highest BCUT2D eigenvalue weighted by Crippen LogP contribution is 2.13. The van der Waals surface area contributed by atoms with E-state index in [1.54, 1.807) is 6.92 Å². The fraction of sp³-hybridized carbons (Fsp3) is 0.462. The summed E-state index contributed by atoms with van der Waals surface area (Å²) in [4.78, 5) is 0. The number of hydrogen-bond acceptors (Lipinski definition) is 4. The van der Waals surface area contributed by atoms with E-state index in [2.05, 4.69) is 12.1 Å². The molecule has 0 aliphatic heterocycles. The Morgan fingerprint density at radius 3 is 2.65 bits per heavy atom. The van der Waals surface area contributed by atoms with Crippen LogP contribution in [0.5, 0.6) is 5.75 Å². The van der Waals surface area contributed by atoms with E-state index in [0.29, 0.717) is 5.71 Å². The lowest BCUT2D eigenvalue weighted by Gasteiger charge is -2.06. The summed E-state index contributed by atoms with van der Waals surface area (Å²) in [5, 5.41) is 11.8. The van der Waals surface area contributed by atoms with E-state index in [4.69, 9.17) is 9.94 Å². The third kappa shape index (κ3) is 5.13. The van der Waals surface area contributed by atoms with Gasteiger partial charge in [-0.15, -0.1) is 0 Å². The average Bonchev–Trinajstić information content (AvgIpc) is 2.38. The van der Waals surface area contributed by atoms with Crippen LogP contribution in [0.4, 0.5) is 0 Å².